The first-order valence-corrected chi connectivity index (χ1v) is 11.7. The molecule has 3 aromatic rings. The van der Waals surface area contributed by atoms with Crippen LogP contribution in [0.2, 0.25) is 0 Å². The maximum absolute atomic E-state index is 13.3. The lowest BCUT2D eigenvalue weighted by atomic mass is 9.81. The first kappa shape index (κ1) is 21.2. The van der Waals surface area contributed by atoms with Gasteiger partial charge in [0.2, 0.25) is 0 Å². The molecule has 1 heterocycles. The number of nitrogens with zero attached hydrogens (tertiary/aromatic N) is 1. The fourth-order valence-electron chi connectivity index (χ4n) is 4.57. The molecule has 1 aliphatic carbocycles. The summed E-state index contributed by atoms with van der Waals surface area (Å²) >= 11 is 1.77. The van der Waals surface area contributed by atoms with Crippen LogP contribution in [-0.2, 0) is 0 Å². The number of aromatic amines is 1. The fourth-order valence-corrected chi connectivity index (χ4v) is 5.71. The third-order valence-electron chi connectivity index (χ3n) is 6.14. The van der Waals surface area contributed by atoms with Gasteiger partial charge in [-0.05, 0) is 98.9 Å². The van der Waals surface area contributed by atoms with Gasteiger partial charge in [-0.3, -0.25) is 4.98 Å². The van der Waals surface area contributed by atoms with Crippen LogP contribution in [0.3, 0.4) is 0 Å². The lowest BCUT2D eigenvalue weighted by Crippen LogP contribution is -2.38. The van der Waals surface area contributed by atoms with Crippen LogP contribution in [0.25, 0.3) is 11.1 Å². The standard InChI is InChI=1S/C24H29FN2O2S/c1-3-4-16(2)27(30-21-12-8-19(25)9-13-21)20-10-5-17(6-11-20)18-7-14-22-23(15-18)29-24(28)26-22/h7-9,12-17,20H,3-6,10-11H2,1-2H3,(H,26,28)/t16?,17-,20-. The number of hydrogen-bond acceptors (Lipinski definition) is 4. The van der Waals surface area contributed by atoms with Crippen LogP contribution in [-0.4, -0.2) is 21.4 Å². The smallest absolute Gasteiger partial charge is 0.408 e. The van der Waals surface area contributed by atoms with E-state index in [9.17, 15) is 9.18 Å². The van der Waals surface area contributed by atoms with Crippen molar-refractivity contribution in [1.82, 2.24) is 9.29 Å². The molecule has 0 aliphatic heterocycles. The maximum atomic E-state index is 13.3. The van der Waals surface area contributed by atoms with E-state index < -0.39 is 5.76 Å². The van der Waals surface area contributed by atoms with E-state index in [-0.39, 0.29) is 5.82 Å². The third-order valence-corrected chi connectivity index (χ3v) is 7.49. The summed E-state index contributed by atoms with van der Waals surface area (Å²) in [5.41, 5.74) is 2.65. The normalized spacial score (nSPS) is 20.7. The Hall–Kier alpha value is -2.05. The van der Waals surface area contributed by atoms with E-state index in [0.29, 0.717) is 23.6 Å². The fraction of sp³-hybridized carbons (Fsp3) is 0.458. The van der Waals surface area contributed by atoms with Crippen molar-refractivity contribution in [3.8, 4) is 0 Å². The Labute approximate surface area is 181 Å². The van der Waals surface area contributed by atoms with Crippen LogP contribution in [0.15, 0.2) is 56.6 Å². The largest absolute Gasteiger partial charge is 0.417 e. The van der Waals surface area contributed by atoms with Crippen LogP contribution in [0.5, 0.6) is 0 Å². The number of hydrogen-bond donors (Lipinski definition) is 1. The highest BCUT2D eigenvalue weighted by atomic mass is 32.2. The van der Waals surface area contributed by atoms with Crippen LogP contribution in [0.4, 0.5) is 4.39 Å². The van der Waals surface area contributed by atoms with Gasteiger partial charge in [0.05, 0.1) is 5.52 Å². The van der Waals surface area contributed by atoms with Gasteiger partial charge < -0.3 is 4.42 Å². The average molecular weight is 429 g/mol. The Balaban J connectivity index is 1.45. The molecule has 1 aliphatic rings. The molecular weight excluding hydrogens is 399 g/mol. The molecule has 4 rings (SSSR count). The first-order chi connectivity index (χ1) is 14.5. The molecule has 4 nitrogen and oxygen atoms in total. The number of fused-ring (bicyclic) bond motifs is 1. The minimum atomic E-state index is -0.399. The molecule has 30 heavy (non-hydrogen) atoms. The molecule has 1 N–H and O–H groups in total. The Morgan fingerprint density at radius 1 is 1.17 bits per heavy atom. The van der Waals surface area contributed by atoms with Gasteiger partial charge in [-0.15, -0.1) is 0 Å². The molecule has 6 heteroatoms. The molecule has 2 aromatic carbocycles. The van der Waals surface area contributed by atoms with Gasteiger partial charge in [-0.2, -0.15) is 0 Å². The van der Waals surface area contributed by atoms with Gasteiger partial charge in [0.1, 0.15) is 5.82 Å². The number of H-pyrrole nitrogens is 1. The number of aromatic nitrogens is 1. The summed E-state index contributed by atoms with van der Waals surface area (Å²) < 4.78 is 21.1. The Kier molecular flexibility index (Phi) is 6.64. The van der Waals surface area contributed by atoms with E-state index in [0.717, 1.165) is 48.9 Å². The summed E-state index contributed by atoms with van der Waals surface area (Å²) in [5, 5.41) is 0. The summed E-state index contributed by atoms with van der Waals surface area (Å²) in [5.74, 6) is -0.0996. The molecule has 1 aromatic heterocycles. The zero-order chi connectivity index (χ0) is 21.1. The average Bonchev–Trinajstić information content (AvgIpc) is 3.13. The Morgan fingerprint density at radius 3 is 2.60 bits per heavy atom. The van der Waals surface area contributed by atoms with E-state index in [2.05, 4.69) is 29.2 Å². The number of oxazole rings is 1. The second kappa shape index (κ2) is 9.40. The van der Waals surface area contributed by atoms with Crippen molar-refractivity contribution in [2.75, 3.05) is 0 Å². The molecule has 1 fully saturated rings. The Bertz CT molecular complexity index is 1020. The summed E-state index contributed by atoms with van der Waals surface area (Å²) in [6.45, 7) is 4.53. The predicted molar refractivity (Wildman–Crippen MR) is 120 cm³/mol. The van der Waals surface area contributed by atoms with Crippen molar-refractivity contribution in [3.63, 3.8) is 0 Å². The van der Waals surface area contributed by atoms with Gasteiger partial charge in [0, 0.05) is 17.0 Å². The maximum Gasteiger partial charge on any atom is 0.417 e. The summed E-state index contributed by atoms with van der Waals surface area (Å²) in [6.07, 6.45) is 6.79. The van der Waals surface area contributed by atoms with Crippen molar-refractivity contribution in [1.29, 1.82) is 0 Å². The third kappa shape index (κ3) is 4.81. The second-order valence-electron chi connectivity index (χ2n) is 8.32. The van der Waals surface area contributed by atoms with E-state index in [4.69, 9.17) is 4.42 Å². The number of benzene rings is 2. The molecular formula is C24H29FN2O2S. The topological polar surface area (TPSA) is 49.2 Å². The van der Waals surface area contributed by atoms with Crippen LogP contribution in [0.1, 0.15) is 63.9 Å². The molecule has 160 valence electrons. The molecule has 1 atom stereocenters. The molecule has 0 bridgehead atoms. The molecule has 1 saturated carbocycles. The molecule has 0 spiro atoms. The van der Waals surface area contributed by atoms with Crippen molar-refractivity contribution >= 4 is 23.0 Å². The van der Waals surface area contributed by atoms with Crippen LogP contribution >= 0.6 is 11.9 Å². The van der Waals surface area contributed by atoms with Crippen molar-refractivity contribution < 1.29 is 8.81 Å². The highest BCUT2D eigenvalue weighted by molar-refractivity contribution is 7.97. The lowest BCUT2D eigenvalue weighted by Gasteiger charge is -2.39. The summed E-state index contributed by atoms with van der Waals surface area (Å²) in [6, 6.07) is 13.9. The molecule has 1 unspecified atom stereocenters. The molecule has 0 amide bonds. The Morgan fingerprint density at radius 2 is 1.90 bits per heavy atom. The SMILES string of the molecule is CCCC(C)N(Sc1ccc(F)cc1)[C@H]1CC[C@H](c2ccc3[nH]c(=O)oc3c2)CC1. The summed E-state index contributed by atoms with van der Waals surface area (Å²) in [7, 11) is 0. The van der Waals surface area contributed by atoms with Crippen molar-refractivity contribution in [2.45, 2.75) is 75.3 Å². The monoisotopic (exact) mass is 428 g/mol. The van der Waals surface area contributed by atoms with E-state index in [1.165, 1.54) is 17.7 Å². The number of rotatable bonds is 7. The first-order valence-electron chi connectivity index (χ1n) is 10.9. The van der Waals surface area contributed by atoms with Crippen LogP contribution in [0, 0.1) is 5.82 Å². The van der Waals surface area contributed by atoms with Gasteiger partial charge >= 0.3 is 5.76 Å². The number of nitrogens with one attached hydrogen (secondary N) is 1. The zero-order valence-corrected chi connectivity index (χ0v) is 18.4. The van der Waals surface area contributed by atoms with E-state index in [1.807, 2.05) is 24.3 Å². The highest BCUT2D eigenvalue weighted by Gasteiger charge is 2.30. The van der Waals surface area contributed by atoms with E-state index >= 15 is 0 Å². The van der Waals surface area contributed by atoms with Gasteiger partial charge in [0.25, 0.3) is 0 Å². The predicted octanol–water partition coefficient (Wildman–Crippen LogP) is 6.48. The zero-order valence-electron chi connectivity index (χ0n) is 17.6. The summed E-state index contributed by atoms with van der Waals surface area (Å²) in [4.78, 5) is 15.2. The minimum absolute atomic E-state index is 0.191. The highest BCUT2D eigenvalue weighted by Crippen LogP contribution is 2.40. The second-order valence-corrected chi connectivity index (χ2v) is 9.39. The van der Waals surface area contributed by atoms with E-state index in [1.54, 1.807) is 11.9 Å². The van der Waals surface area contributed by atoms with Gasteiger partial charge in [-0.25, -0.2) is 13.5 Å². The number of halogens is 1. The lowest BCUT2D eigenvalue weighted by molar-refractivity contribution is 0.210. The molecule has 0 saturated heterocycles. The van der Waals surface area contributed by atoms with Gasteiger partial charge in [0.15, 0.2) is 5.58 Å². The minimum Gasteiger partial charge on any atom is -0.408 e. The molecule has 0 radical (unpaired) electrons. The quantitative estimate of drug-likeness (QED) is 0.437. The van der Waals surface area contributed by atoms with Crippen LogP contribution < -0.4 is 5.76 Å². The van der Waals surface area contributed by atoms with Gasteiger partial charge in [-0.1, -0.05) is 19.4 Å². The van der Waals surface area contributed by atoms with Crippen molar-refractivity contribution in [3.05, 3.63) is 64.4 Å². The van der Waals surface area contributed by atoms with Crippen molar-refractivity contribution in [2.24, 2.45) is 0 Å².